The molecule has 0 saturated carbocycles. The lowest BCUT2D eigenvalue weighted by atomic mass is 10.1. The summed E-state index contributed by atoms with van der Waals surface area (Å²) in [4.78, 5) is 17.9. The SMILES string of the molecule is Cn1cnc(Cl)c1C1CN(C(=O)OC(C)(C)C)CCN1. The summed E-state index contributed by atoms with van der Waals surface area (Å²) in [6, 6.07) is -0.0312. The fraction of sp³-hybridized carbons (Fsp3) is 0.692. The van der Waals surface area contributed by atoms with Gasteiger partial charge in [-0.2, -0.15) is 0 Å². The molecule has 1 aliphatic rings. The summed E-state index contributed by atoms with van der Waals surface area (Å²) >= 11 is 6.11. The summed E-state index contributed by atoms with van der Waals surface area (Å²) in [5.41, 5.74) is 0.404. The van der Waals surface area contributed by atoms with Gasteiger partial charge in [0.05, 0.1) is 18.1 Å². The molecule has 1 saturated heterocycles. The molecule has 0 bridgehead atoms. The maximum atomic E-state index is 12.1. The van der Waals surface area contributed by atoms with Gasteiger partial charge in [-0.15, -0.1) is 0 Å². The first-order chi connectivity index (χ1) is 9.28. The number of ether oxygens (including phenoxy) is 1. The van der Waals surface area contributed by atoms with Gasteiger partial charge in [-0.25, -0.2) is 9.78 Å². The standard InChI is InChI=1S/C13H21ClN4O2/c1-13(2,3)20-12(19)18-6-5-15-9(7-18)10-11(14)16-8-17(10)4/h8-9,15H,5-7H2,1-4H3. The molecule has 20 heavy (non-hydrogen) atoms. The molecule has 1 amide bonds. The van der Waals surface area contributed by atoms with Gasteiger partial charge in [0, 0.05) is 26.7 Å². The molecule has 1 aliphatic heterocycles. The van der Waals surface area contributed by atoms with E-state index in [0.717, 1.165) is 5.69 Å². The normalized spacial score (nSPS) is 20.1. The molecule has 2 rings (SSSR count). The van der Waals surface area contributed by atoms with Crippen LogP contribution in [0.4, 0.5) is 4.79 Å². The molecule has 1 aromatic rings. The van der Waals surface area contributed by atoms with Crippen molar-refractivity contribution in [3.8, 4) is 0 Å². The number of hydrogen-bond donors (Lipinski definition) is 1. The zero-order chi connectivity index (χ0) is 14.9. The van der Waals surface area contributed by atoms with Crippen molar-refractivity contribution in [3.05, 3.63) is 17.2 Å². The predicted molar refractivity (Wildman–Crippen MR) is 76.8 cm³/mol. The van der Waals surface area contributed by atoms with Gasteiger partial charge < -0.3 is 19.5 Å². The van der Waals surface area contributed by atoms with E-state index in [2.05, 4.69) is 10.3 Å². The Hall–Kier alpha value is -1.27. The van der Waals surface area contributed by atoms with Gasteiger partial charge in [0.15, 0.2) is 5.15 Å². The molecule has 2 heterocycles. The number of piperazine rings is 1. The van der Waals surface area contributed by atoms with Crippen LogP contribution in [0.3, 0.4) is 0 Å². The molecular formula is C13H21ClN4O2. The molecule has 1 N–H and O–H groups in total. The largest absolute Gasteiger partial charge is 0.444 e. The van der Waals surface area contributed by atoms with Crippen LogP contribution in [0.15, 0.2) is 6.33 Å². The van der Waals surface area contributed by atoms with Gasteiger partial charge in [0.25, 0.3) is 0 Å². The van der Waals surface area contributed by atoms with Crippen LogP contribution in [0.5, 0.6) is 0 Å². The molecule has 0 aromatic carbocycles. The highest BCUT2D eigenvalue weighted by atomic mass is 35.5. The van der Waals surface area contributed by atoms with E-state index >= 15 is 0 Å². The number of hydrogen-bond acceptors (Lipinski definition) is 4. The topological polar surface area (TPSA) is 59.4 Å². The van der Waals surface area contributed by atoms with Crippen LogP contribution in [0, 0.1) is 0 Å². The lowest BCUT2D eigenvalue weighted by Gasteiger charge is -2.35. The van der Waals surface area contributed by atoms with Crippen LogP contribution in [-0.2, 0) is 11.8 Å². The van der Waals surface area contributed by atoms with E-state index < -0.39 is 5.60 Å². The van der Waals surface area contributed by atoms with Gasteiger partial charge >= 0.3 is 6.09 Å². The first-order valence-corrected chi connectivity index (χ1v) is 7.04. The highest BCUT2D eigenvalue weighted by Crippen LogP contribution is 2.24. The second-order valence-electron chi connectivity index (χ2n) is 5.96. The van der Waals surface area contributed by atoms with E-state index in [1.165, 1.54) is 0 Å². The maximum Gasteiger partial charge on any atom is 0.410 e. The number of amides is 1. The number of nitrogens with zero attached hydrogens (tertiary/aromatic N) is 3. The second kappa shape index (κ2) is 5.61. The van der Waals surface area contributed by atoms with Gasteiger partial charge in [-0.1, -0.05) is 11.6 Å². The molecule has 7 heteroatoms. The van der Waals surface area contributed by atoms with E-state index in [9.17, 15) is 4.79 Å². The van der Waals surface area contributed by atoms with Crippen LogP contribution < -0.4 is 5.32 Å². The van der Waals surface area contributed by atoms with Crippen molar-refractivity contribution < 1.29 is 9.53 Å². The smallest absolute Gasteiger partial charge is 0.410 e. The molecule has 1 fully saturated rings. The molecule has 1 unspecified atom stereocenters. The molecule has 0 aliphatic carbocycles. The summed E-state index contributed by atoms with van der Waals surface area (Å²) in [6.07, 6.45) is 1.38. The van der Waals surface area contributed by atoms with Crippen LogP contribution in [0.2, 0.25) is 5.15 Å². The van der Waals surface area contributed by atoms with Crippen LogP contribution >= 0.6 is 11.6 Å². The summed E-state index contributed by atoms with van der Waals surface area (Å²) < 4.78 is 7.28. The van der Waals surface area contributed by atoms with E-state index in [1.807, 2.05) is 32.4 Å². The molecule has 6 nitrogen and oxygen atoms in total. The summed E-state index contributed by atoms with van der Waals surface area (Å²) in [7, 11) is 1.89. The van der Waals surface area contributed by atoms with E-state index in [1.54, 1.807) is 11.2 Å². The lowest BCUT2D eigenvalue weighted by molar-refractivity contribution is 0.0193. The minimum atomic E-state index is -0.484. The summed E-state index contributed by atoms with van der Waals surface area (Å²) in [5, 5.41) is 3.82. The second-order valence-corrected chi connectivity index (χ2v) is 6.32. The van der Waals surface area contributed by atoms with E-state index in [4.69, 9.17) is 16.3 Å². The van der Waals surface area contributed by atoms with E-state index in [0.29, 0.717) is 24.8 Å². The minimum absolute atomic E-state index is 0.0312. The van der Waals surface area contributed by atoms with Crippen molar-refractivity contribution in [1.82, 2.24) is 19.8 Å². The molecule has 112 valence electrons. The lowest BCUT2D eigenvalue weighted by Crippen LogP contribution is -2.50. The Kier molecular flexibility index (Phi) is 4.25. The van der Waals surface area contributed by atoms with Crippen LogP contribution in [0.1, 0.15) is 32.5 Å². The Labute approximate surface area is 124 Å². The third-order valence-corrected chi connectivity index (χ3v) is 3.38. The first kappa shape index (κ1) is 15.1. The van der Waals surface area contributed by atoms with Crippen molar-refractivity contribution in [2.45, 2.75) is 32.4 Å². The Bertz CT molecular complexity index is 476. The zero-order valence-electron chi connectivity index (χ0n) is 12.3. The molecule has 0 radical (unpaired) electrons. The quantitative estimate of drug-likeness (QED) is 0.861. The number of imidazole rings is 1. The van der Waals surface area contributed by atoms with E-state index in [-0.39, 0.29) is 12.1 Å². The fourth-order valence-electron chi connectivity index (χ4n) is 2.23. The maximum absolute atomic E-state index is 12.1. The molecular weight excluding hydrogens is 280 g/mol. The number of carbonyl (C=O) groups is 1. The molecule has 1 aromatic heterocycles. The summed E-state index contributed by atoms with van der Waals surface area (Å²) in [5.74, 6) is 0. The highest BCUT2D eigenvalue weighted by molar-refractivity contribution is 6.30. The Morgan fingerprint density at radius 1 is 1.55 bits per heavy atom. The van der Waals surface area contributed by atoms with Crippen molar-refractivity contribution >= 4 is 17.7 Å². The number of carbonyl (C=O) groups excluding carboxylic acids is 1. The Morgan fingerprint density at radius 2 is 2.25 bits per heavy atom. The highest BCUT2D eigenvalue weighted by Gasteiger charge is 2.30. The average molecular weight is 301 g/mol. The predicted octanol–water partition coefficient (Wildman–Crippen LogP) is 1.95. The molecule has 0 spiro atoms. The monoisotopic (exact) mass is 300 g/mol. The number of nitrogens with one attached hydrogen (secondary N) is 1. The number of halogens is 1. The summed E-state index contributed by atoms with van der Waals surface area (Å²) in [6.45, 7) is 7.44. The third kappa shape index (κ3) is 3.43. The van der Waals surface area contributed by atoms with Crippen molar-refractivity contribution in [1.29, 1.82) is 0 Å². The molecule has 1 atom stereocenters. The average Bonchev–Trinajstić information content (AvgIpc) is 2.67. The first-order valence-electron chi connectivity index (χ1n) is 6.66. The number of aryl methyl sites for hydroxylation is 1. The van der Waals surface area contributed by atoms with Crippen molar-refractivity contribution in [2.24, 2.45) is 7.05 Å². The van der Waals surface area contributed by atoms with Gasteiger partial charge in [0.1, 0.15) is 5.60 Å². The van der Waals surface area contributed by atoms with Gasteiger partial charge in [-0.05, 0) is 20.8 Å². The van der Waals surface area contributed by atoms with Gasteiger partial charge in [0.2, 0.25) is 0 Å². The Morgan fingerprint density at radius 3 is 2.80 bits per heavy atom. The van der Waals surface area contributed by atoms with Crippen LogP contribution in [0.25, 0.3) is 0 Å². The number of aromatic nitrogens is 2. The van der Waals surface area contributed by atoms with Crippen LogP contribution in [-0.4, -0.2) is 45.8 Å². The van der Waals surface area contributed by atoms with Crippen molar-refractivity contribution in [3.63, 3.8) is 0 Å². The minimum Gasteiger partial charge on any atom is -0.444 e. The number of rotatable bonds is 1. The third-order valence-electron chi connectivity index (χ3n) is 3.09. The van der Waals surface area contributed by atoms with Gasteiger partial charge in [-0.3, -0.25) is 0 Å². The zero-order valence-corrected chi connectivity index (χ0v) is 13.1. The fourth-order valence-corrected chi connectivity index (χ4v) is 2.53. The van der Waals surface area contributed by atoms with Crippen molar-refractivity contribution in [2.75, 3.05) is 19.6 Å². The Balaban J connectivity index is 2.08.